The van der Waals surface area contributed by atoms with Gasteiger partial charge in [0.25, 0.3) is 0 Å². The van der Waals surface area contributed by atoms with Gasteiger partial charge < -0.3 is 14.2 Å². The van der Waals surface area contributed by atoms with Gasteiger partial charge >= 0.3 is 5.97 Å². The Kier molecular flexibility index (Phi) is 3.06. The van der Waals surface area contributed by atoms with Crippen LogP contribution in [-0.4, -0.2) is 26.0 Å². The number of fused-ring (bicyclic) bond motifs is 2. The molecule has 0 spiro atoms. The van der Waals surface area contributed by atoms with Gasteiger partial charge in [0.05, 0.1) is 25.6 Å². The molecule has 1 fully saturated rings. The Hall–Kier alpha value is -2.82. The van der Waals surface area contributed by atoms with Crippen LogP contribution in [0, 0.1) is 5.41 Å². The van der Waals surface area contributed by atoms with E-state index in [1.165, 1.54) is 0 Å². The Labute approximate surface area is 163 Å². The lowest BCUT2D eigenvalue weighted by Gasteiger charge is -2.62. The van der Waals surface area contributed by atoms with E-state index in [1.807, 2.05) is 45.0 Å². The molecule has 0 aromatic heterocycles. The molecule has 5 heteroatoms. The maximum atomic E-state index is 13.9. The molecular weight excluding hydrogens is 356 g/mol. The molecule has 1 saturated heterocycles. The molecule has 2 heterocycles. The summed E-state index contributed by atoms with van der Waals surface area (Å²) >= 11 is 0. The third-order valence-electron chi connectivity index (χ3n) is 7.65. The number of methoxy groups -OCH3 is 2. The van der Waals surface area contributed by atoms with E-state index in [0.29, 0.717) is 17.1 Å². The fraction of sp³-hybridized carbons (Fsp3) is 0.391. The summed E-state index contributed by atoms with van der Waals surface area (Å²) in [4.78, 5) is 27.1. The van der Waals surface area contributed by atoms with Crippen molar-refractivity contribution in [1.82, 2.24) is 0 Å². The van der Waals surface area contributed by atoms with Crippen molar-refractivity contribution in [2.45, 2.75) is 37.7 Å². The predicted molar refractivity (Wildman–Crippen MR) is 102 cm³/mol. The highest BCUT2D eigenvalue weighted by atomic mass is 16.6. The van der Waals surface area contributed by atoms with Crippen molar-refractivity contribution in [2.75, 3.05) is 14.2 Å². The molecule has 4 aliphatic rings. The normalized spacial score (nSPS) is 34.4. The molecule has 0 radical (unpaired) electrons. The standard InChI is InChI=1S/C23H22O5/c1-21-17-14(10-12(26-4)11-16(17)27-5)19(24)22(21,2)23(3)15-9-7-6-8-13(15)18(21)20(25)28-23/h6-11,18H,1-5H3. The van der Waals surface area contributed by atoms with Gasteiger partial charge in [-0.2, -0.15) is 0 Å². The molecule has 0 amide bonds. The predicted octanol–water partition coefficient (Wildman–Crippen LogP) is 3.73. The van der Waals surface area contributed by atoms with Gasteiger partial charge in [-0.1, -0.05) is 31.2 Å². The SMILES string of the molecule is COc1cc(OC)c2c(c1)C(=O)C1(C)C3(C)OC(=O)C(c4ccccc43)C21C. The van der Waals surface area contributed by atoms with Crippen LogP contribution in [-0.2, 0) is 20.5 Å². The number of ether oxygens (including phenoxy) is 3. The Balaban J connectivity index is 1.94. The lowest BCUT2D eigenvalue weighted by atomic mass is 9.44. The second-order valence-electron chi connectivity index (χ2n) is 8.38. The molecule has 4 unspecified atom stereocenters. The summed E-state index contributed by atoms with van der Waals surface area (Å²) in [5.41, 5.74) is 0.323. The molecule has 5 nitrogen and oxygen atoms in total. The minimum Gasteiger partial charge on any atom is -0.497 e. The van der Waals surface area contributed by atoms with Gasteiger partial charge in [-0.3, -0.25) is 9.59 Å². The number of esters is 1. The average molecular weight is 378 g/mol. The highest BCUT2D eigenvalue weighted by Crippen LogP contribution is 2.73. The van der Waals surface area contributed by atoms with Crippen molar-refractivity contribution in [1.29, 1.82) is 0 Å². The fourth-order valence-corrected chi connectivity index (χ4v) is 6.03. The molecule has 28 heavy (non-hydrogen) atoms. The quantitative estimate of drug-likeness (QED) is 0.745. The van der Waals surface area contributed by atoms with Crippen LogP contribution in [0.3, 0.4) is 0 Å². The van der Waals surface area contributed by atoms with Gasteiger partial charge in [-0.05, 0) is 25.5 Å². The van der Waals surface area contributed by atoms with Crippen molar-refractivity contribution < 1.29 is 23.8 Å². The number of carbonyl (C=O) groups excluding carboxylic acids is 2. The van der Waals surface area contributed by atoms with Crippen molar-refractivity contribution in [3.63, 3.8) is 0 Å². The highest BCUT2D eigenvalue weighted by Gasteiger charge is 2.78. The van der Waals surface area contributed by atoms with E-state index in [9.17, 15) is 9.59 Å². The Morgan fingerprint density at radius 1 is 1.00 bits per heavy atom. The number of hydrogen-bond acceptors (Lipinski definition) is 5. The summed E-state index contributed by atoms with van der Waals surface area (Å²) < 4.78 is 17.1. The maximum absolute atomic E-state index is 13.9. The zero-order valence-corrected chi connectivity index (χ0v) is 16.6. The first-order valence-electron chi connectivity index (χ1n) is 9.39. The second-order valence-corrected chi connectivity index (χ2v) is 8.38. The van der Waals surface area contributed by atoms with Gasteiger partial charge in [0, 0.05) is 28.2 Å². The van der Waals surface area contributed by atoms with E-state index in [0.717, 1.165) is 16.7 Å². The fourth-order valence-electron chi connectivity index (χ4n) is 6.03. The Morgan fingerprint density at radius 2 is 1.71 bits per heavy atom. The van der Waals surface area contributed by atoms with E-state index >= 15 is 0 Å². The number of hydrogen-bond donors (Lipinski definition) is 0. The van der Waals surface area contributed by atoms with Gasteiger partial charge in [-0.15, -0.1) is 0 Å². The third kappa shape index (κ3) is 1.50. The van der Waals surface area contributed by atoms with Crippen molar-refractivity contribution >= 4 is 11.8 Å². The number of carbonyl (C=O) groups is 2. The van der Waals surface area contributed by atoms with Crippen LogP contribution in [0.2, 0.25) is 0 Å². The number of ketones is 1. The molecule has 2 aromatic carbocycles. The van der Waals surface area contributed by atoms with Crippen LogP contribution >= 0.6 is 0 Å². The molecular formula is C23H22O5. The summed E-state index contributed by atoms with van der Waals surface area (Å²) in [6.07, 6.45) is 0. The molecule has 2 aliphatic carbocycles. The minimum atomic E-state index is -1.07. The molecule has 2 bridgehead atoms. The van der Waals surface area contributed by atoms with Crippen LogP contribution in [0.4, 0.5) is 0 Å². The zero-order chi connectivity index (χ0) is 20.1. The summed E-state index contributed by atoms with van der Waals surface area (Å²) in [5, 5.41) is 0. The summed E-state index contributed by atoms with van der Waals surface area (Å²) in [6.45, 7) is 5.80. The monoisotopic (exact) mass is 378 g/mol. The van der Waals surface area contributed by atoms with E-state index < -0.39 is 22.3 Å². The Morgan fingerprint density at radius 3 is 2.39 bits per heavy atom. The summed E-state index contributed by atoms with van der Waals surface area (Å²) in [6, 6.07) is 11.3. The molecule has 0 saturated carbocycles. The summed E-state index contributed by atoms with van der Waals surface area (Å²) in [7, 11) is 3.14. The largest absolute Gasteiger partial charge is 0.497 e. The molecule has 0 N–H and O–H groups in total. The third-order valence-corrected chi connectivity index (χ3v) is 7.65. The molecule has 2 aliphatic heterocycles. The topological polar surface area (TPSA) is 61.8 Å². The van der Waals surface area contributed by atoms with E-state index in [1.54, 1.807) is 26.4 Å². The zero-order valence-electron chi connectivity index (χ0n) is 16.6. The highest BCUT2D eigenvalue weighted by molar-refractivity contribution is 6.11. The summed E-state index contributed by atoms with van der Waals surface area (Å²) in [5.74, 6) is 0.201. The van der Waals surface area contributed by atoms with Crippen molar-refractivity contribution in [2.24, 2.45) is 5.41 Å². The van der Waals surface area contributed by atoms with Crippen molar-refractivity contribution in [3.05, 3.63) is 58.7 Å². The molecule has 2 aromatic rings. The first-order chi connectivity index (χ1) is 13.3. The van der Waals surface area contributed by atoms with Crippen LogP contribution in [0.25, 0.3) is 0 Å². The maximum Gasteiger partial charge on any atom is 0.315 e. The van der Waals surface area contributed by atoms with Gasteiger partial charge in [0.1, 0.15) is 17.1 Å². The van der Waals surface area contributed by atoms with Crippen LogP contribution < -0.4 is 9.47 Å². The lowest BCUT2D eigenvalue weighted by Crippen LogP contribution is -2.68. The van der Waals surface area contributed by atoms with Crippen molar-refractivity contribution in [3.8, 4) is 11.5 Å². The molecule has 6 rings (SSSR count). The lowest BCUT2D eigenvalue weighted by molar-refractivity contribution is -0.207. The molecule has 144 valence electrons. The number of benzene rings is 2. The number of rotatable bonds is 2. The van der Waals surface area contributed by atoms with E-state index in [-0.39, 0.29) is 11.8 Å². The Bertz CT molecular complexity index is 1070. The molecule has 4 atom stereocenters. The van der Waals surface area contributed by atoms with Gasteiger partial charge in [0.2, 0.25) is 0 Å². The second kappa shape index (κ2) is 4.96. The smallest absolute Gasteiger partial charge is 0.315 e. The average Bonchev–Trinajstić information content (AvgIpc) is 2.87. The van der Waals surface area contributed by atoms with Gasteiger partial charge in [-0.25, -0.2) is 0 Å². The minimum absolute atomic E-state index is 0.0447. The number of Topliss-reactive ketones (excluding diaryl/α,β-unsaturated/α-hetero) is 1. The van der Waals surface area contributed by atoms with E-state index in [2.05, 4.69) is 0 Å². The van der Waals surface area contributed by atoms with Crippen LogP contribution in [0.15, 0.2) is 36.4 Å². The van der Waals surface area contributed by atoms with E-state index in [4.69, 9.17) is 14.2 Å². The van der Waals surface area contributed by atoms with Crippen LogP contribution in [0.1, 0.15) is 53.7 Å². The first-order valence-corrected chi connectivity index (χ1v) is 9.39. The first kappa shape index (κ1) is 17.3. The van der Waals surface area contributed by atoms with Gasteiger partial charge in [0.15, 0.2) is 5.78 Å². The van der Waals surface area contributed by atoms with Crippen LogP contribution in [0.5, 0.6) is 11.5 Å².